The van der Waals surface area contributed by atoms with Crippen molar-refractivity contribution in [2.24, 2.45) is 11.8 Å². The summed E-state index contributed by atoms with van der Waals surface area (Å²) >= 11 is 0. The lowest BCUT2D eigenvalue weighted by molar-refractivity contribution is -0.0243. The van der Waals surface area contributed by atoms with E-state index in [9.17, 15) is 5.11 Å². The summed E-state index contributed by atoms with van der Waals surface area (Å²) in [5.41, 5.74) is -0.612. The molecule has 0 aromatic carbocycles. The normalized spacial score (nSPS) is 23.7. The predicted octanol–water partition coefficient (Wildman–Crippen LogP) is 1.63. The highest BCUT2D eigenvalue weighted by molar-refractivity contribution is 4.89. The van der Waals surface area contributed by atoms with Gasteiger partial charge in [-0.2, -0.15) is 5.26 Å². The Kier molecular flexibility index (Phi) is 4.12. The van der Waals surface area contributed by atoms with Gasteiger partial charge >= 0.3 is 0 Å². The number of hydrogen-bond acceptors (Lipinski definition) is 3. The van der Waals surface area contributed by atoms with Gasteiger partial charge in [-0.25, -0.2) is 0 Å². The number of β-amino-alcohol motifs (C(OH)–C–C–N with tert-alkyl or cyclic N) is 1. The van der Waals surface area contributed by atoms with Crippen LogP contribution >= 0.6 is 0 Å². The number of nitriles is 1. The monoisotopic (exact) mass is 210 g/mol. The van der Waals surface area contributed by atoms with Crippen LogP contribution in [0.25, 0.3) is 0 Å². The number of nitrogens with zero attached hydrogens (tertiary/aromatic N) is 2. The second-order valence-corrected chi connectivity index (χ2v) is 5.19. The van der Waals surface area contributed by atoms with Crippen molar-refractivity contribution >= 4 is 0 Å². The third-order valence-electron chi connectivity index (χ3n) is 3.56. The minimum absolute atomic E-state index is 0.227. The van der Waals surface area contributed by atoms with Gasteiger partial charge in [0.05, 0.1) is 11.7 Å². The quantitative estimate of drug-likeness (QED) is 0.770. The lowest BCUT2D eigenvalue weighted by Crippen LogP contribution is -2.47. The summed E-state index contributed by atoms with van der Waals surface area (Å²) in [6.07, 6.45) is 1.90. The van der Waals surface area contributed by atoms with E-state index >= 15 is 0 Å². The fraction of sp³-hybridized carbons (Fsp3) is 0.917. The molecule has 1 aliphatic heterocycles. The second kappa shape index (κ2) is 4.96. The first-order chi connectivity index (χ1) is 6.95. The Bertz CT molecular complexity index is 234. The molecule has 1 aliphatic rings. The van der Waals surface area contributed by atoms with Crippen molar-refractivity contribution in [3.8, 4) is 6.07 Å². The van der Waals surface area contributed by atoms with Gasteiger partial charge in [-0.15, -0.1) is 0 Å². The molecule has 0 amide bonds. The third kappa shape index (κ3) is 3.48. The minimum Gasteiger partial charge on any atom is -0.389 e. The molecule has 3 heteroatoms. The van der Waals surface area contributed by atoms with Crippen LogP contribution in [-0.4, -0.2) is 35.2 Å². The molecule has 0 aliphatic carbocycles. The number of hydrogen-bond donors (Lipinski definition) is 1. The number of likely N-dealkylation sites (tertiary alicyclic amines) is 1. The molecule has 0 spiro atoms. The van der Waals surface area contributed by atoms with E-state index in [1.807, 2.05) is 20.8 Å². The lowest BCUT2D eigenvalue weighted by Gasteiger charge is -2.37. The van der Waals surface area contributed by atoms with Gasteiger partial charge in [0.2, 0.25) is 0 Å². The van der Waals surface area contributed by atoms with Gasteiger partial charge in [-0.05, 0) is 38.8 Å². The molecule has 3 nitrogen and oxygen atoms in total. The molecule has 1 N–H and O–H groups in total. The zero-order valence-electron chi connectivity index (χ0n) is 10.0. The molecule has 0 radical (unpaired) electrons. The number of piperidine rings is 1. The largest absolute Gasteiger partial charge is 0.389 e. The van der Waals surface area contributed by atoms with Crippen LogP contribution in [0.3, 0.4) is 0 Å². The molecular formula is C12H22N2O. The van der Waals surface area contributed by atoms with Gasteiger partial charge in [0.25, 0.3) is 0 Å². The first-order valence-electron chi connectivity index (χ1n) is 5.80. The Morgan fingerprint density at radius 1 is 1.47 bits per heavy atom. The standard InChI is InChI=1S/C12H22N2O/c1-10(2)12(3,15)9-14-6-4-11(8-13)5-7-14/h10-11,15H,4-7,9H2,1-3H3. The van der Waals surface area contributed by atoms with Crippen LogP contribution in [-0.2, 0) is 0 Å². The van der Waals surface area contributed by atoms with E-state index in [-0.39, 0.29) is 11.8 Å². The first-order valence-corrected chi connectivity index (χ1v) is 5.80. The van der Waals surface area contributed by atoms with Gasteiger partial charge in [0.15, 0.2) is 0 Å². The zero-order chi connectivity index (χ0) is 11.5. The topological polar surface area (TPSA) is 47.3 Å². The second-order valence-electron chi connectivity index (χ2n) is 5.19. The summed E-state index contributed by atoms with van der Waals surface area (Å²) in [5, 5.41) is 18.9. The first kappa shape index (κ1) is 12.5. The predicted molar refractivity (Wildman–Crippen MR) is 60.2 cm³/mol. The van der Waals surface area contributed by atoms with Crippen LogP contribution in [0.2, 0.25) is 0 Å². The Balaban J connectivity index is 2.39. The third-order valence-corrected chi connectivity index (χ3v) is 3.56. The Labute approximate surface area is 92.7 Å². The summed E-state index contributed by atoms with van der Waals surface area (Å²) < 4.78 is 0. The highest BCUT2D eigenvalue weighted by Gasteiger charge is 2.29. The van der Waals surface area contributed by atoms with Crippen molar-refractivity contribution < 1.29 is 5.11 Å². The molecule has 0 saturated carbocycles. The van der Waals surface area contributed by atoms with Crippen LogP contribution < -0.4 is 0 Å². The van der Waals surface area contributed by atoms with Crippen molar-refractivity contribution in [3.05, 3.63) is 0 Å². The molecule has 1 saturated heterocycles. The van der Waals surface area contributed by atoms with E-state index in [0.29, 0.717) is 0 Å². The fourth-order valence-corrected chi connectivity index (χ4v) is 1.86. The Hall–Kier alpha value is -0.590. The van der Waals surface area contributed by atoms with Crippen molar-refractivity contribution in [1.29, 1.82) is 5.26 Å². The molecule has 1 rings (SSSR count). The molecule has 1 unspecified atom stereocenters. The van der Waals surface area contributed by atoms with E-state index < -0.39 is 5.60 Å². The van der Waals surface area contributed by atoms with Crippen LogP contribution in [0.4, 0.5) is 0 Å². The highest BCUT2D eigenvalue weighted by Crippen LogP contribution is 2.22. The summed E-state index contributed by atoms with van der Waals surface area (Å²) in [4.78, 5) is 2.27. The van der Waals surface area contributed by atoms with E-state index in [1.165, 1.54) is 0 Å². The van der Waals surface area contributed by atoms with Gasteiger partial charge in [-0.1, -0.05) is 13.8 Å². The summed E-state index contributed by atoms with van der Waals surface area (Å²) in [7, 11) is 0. The maximum Gasteiger partial charge on any atom is 0.0768 e. The highest BCUT2D eigenvalue weighted by atomic mass is 16.3. The van der Waals surface area contributed by atoms with Gasteiger partial charge < -0.3 is 10.0 Å². The average Bonchev–Trinajstić information content (AvgIpc) is 2.18. The number of rotatable bonds is 3. The lowest BCUT2D eigenvalue weighted by atomic mass is 9.90. The molecule has 1 fully saturated rings. The van der Waals surface area contributed by atoms with Gasteiger partial charge in [-0.3, -0.25) is 0 Å². The van der Waals surface area contributed by atoms with Crippen LogP contribution in [0.15, 0.2) is 0 Å². The van der Waals surface area contributed by atoms with Crippen molar-refractivity contribution in [2.45, 2.75) is 39.2 Å². The molecule has 1 heterocycles. The summed E-state index contributed by atoms with van der Waals surface area (Å²) in [6.45, 7) is 8.60. The molecular weight excluding hydrogens is 188 g/mol. The van der Waals surface area contributed by atoms with Gasteiger partial charge in [0.1, 0.15) is 0 Å². The van der Waals surface area contributed by atoms with Crippen LogP contribution in [0.1, 0.15) is 33.6 Å². The summed E-state index contributed by atoms with van der Waals surface area (Å²) in [5.74, 6) is 0.497. The van der Waals surface area contributed by atoms with E-state index in [2.05, 4.69) is 11.0 Å². The summed E-state index contributed by atoms with van der Waals surface area (Å²) in [6, 6.07) is 2.32. The molecule has 0 aromatic heterocycles. The molecule has 0 aromatic rings. The van der Waals surface area contributed by atoms with Gasteiger partial charge in [0, 0.05) is 12.5 Å². The molecule has 1 atom stereocenters. The maximum atomic E-state index is 10.2. The zero-order valence-corrected chi connectivity index (χ0v) is 10.0. The fourth-order valence-electron chi connectivity index (χ4n) is 1.86. The molecule has 0 bridgehead atoms. The van der Waals surface area contributed by atoms with Crippen LogP contribution in [0, 0.1) is 23.2 Å². The average molecular weight is 210 g/mol. The Morgan fingerprint density at radius 2 is 2.00 bits per heavy atom. The molecule has 15 heavy (non-hydrogen) atoms. The van der Waals surface area contributed by atoms with E-state index in [4.69, 9.17) is 5.26 Å². The van der Waals surface area contributed by atoms with Crippen molar-refractivity contribution in [2.75, 3.05) is 19.6 Å². The van der Waals surface area contributed by atoms with Crippen molar-refractivity contribution in [1.82, 2.24) is 4.90 Å². The van der Waals surface area contributed by atoms with E-state index in [0.717, 1.165) is 32.5 Å². The molecule has 86 valence electrons. The maximum absolute atomic E-state index is 10.2. The SMILES string of the molecule is CC(C)C(C)(O)CN1CCC(C#N)CC1. The van der Waals surface area contributed by atoms with Crippen LogP contribution in [0.5, 0.6) is 0 Å². The number of aliphatic hydroxyl groups is 1. The smallest absolute Gasteiger partial charge is 0.0768 e. The van der Waals surface area contributed by atoms with Crippen molar-refractivity contribution in [3.63, 3.8) is 0 Å². The van der Waals surface area contributed by atoms with E-state index in [1.54, 1.807) is 0 Å². The minimum atomic E-state index is -0.612. The Morgan fingerprint density at radius 3 is 2.40 bits per heavy atom.